The number of fused-ring (bicyclic) bond motifs is 3. The Balaban J connectivity index is 1.33. The van der Waals surface area contributed by atoms with E-state index in [-0.39, 0.29) is 14.5 Å². The number of nitrogens with zero attached hydrogens (tertiary/aromatic N) is 3. The summed E-state index contributed by atoms with van der Waals surface area (Å²) in [5.41, 5.74) is 17.0. The van der Waals surface area contributed by atoms with Gasteiger partial charge < -0.3 is 0 Å². The van der Waals surface area contributed by atoms with E-state index in [1.165, 1.54) is 47.1 Å². The fourth-order valence-corrected chi connectivity index (χ4v) is 11.2. The molecule has 3 nitrogen and oxygen atoms in total. The van der Waals surface area contributed by atoms with Crippen LogP contribution in [0.3, 0.4) is 0 Å². The Morgan fingerprint density at radius 3 is 1.34 bits per heavy atom. The molecular formula is C57H37N3Se. The van der Waals surface area contributed by atoms with E-state index >= 15 is 0 Å². The Hall–Kier alpha value is -7.49. The molecule has 0 atom stereocenters. The summed E-state index contributed by atoms with van der Waals surface area (Å²) in [7, 11) is 0. The van der Waals surface area contributed by atoms with Gasteiger partial charge in [0, 0.05) is 0 Å². The van der Waals surface area contributed by atoms with Crippen molar-refractivity contribution in [3.05, 3.63) is 224 Å². The van der Waals surface area contributed by atoms with Crippen LogP contribution in [0.4, 0.5) is 0 Å². The summed E-state index contributed by atoms with van der Waals surface area (Å²) in [5, 5.41) is 17.2. The third-order valence-corrected chi connectivity index (χ3v) is 14.0. The van der Waals surface area contributed by atoms with Gasteiger partial charge in [-0.15, -0.1) is 0 Å². The molecule has 9 aromatic carbocycles. The molecule has 286 valence electrons. The van der Waals surface area contributed by atoms with Gasteiger partial charge >= 0.3 is 363 Å². The Morgan fingerprint density at radius 1 is 0.262 bits per heavy atom. The molecule has 2 aromatic heterocycles. The summed E-state index contributed by atoms with van der Waals surface area (Å²) in [6.45, 7) is 0. The van der Waals surface area contributed by atoms with Gasteiger partial charge in [-0.3, -0.25) is 0 Å². The molecule has 0 aliphatic rings. The number of aromatic nitrogens is 3. The van der Waals surface area contributed by atoms with Crippen LogP contribution in [0.5, 0.6) is 0 Å². The first-order chi connectivity index (χ1) is 30.3. The van der Waals surface area contributed by atoms with Gasteiger partial charge in [0.05, 0.1) is 0 Å². The molecule has 11 aromatic rings. The predicted molar refractivity (Wildman–Crippen MR) is 255 cm³/mol. The van der Waals surface area contributed by atoms with E-state index in [4.69, 9.17) is 10.2 Å². The topological polar surface area (TPSA) is 38.7 Å². The molecule has 0 bridgehead atoms. The van der Waals surface area contributed by atoms with Crippen molar-refractivity contribution in [2.75, 3.05) is 0 Å². The van der Waals surface area contributed by atoms with Crippen LogP contribution >= 0.6 is 0 Å². The van der Waals surface area contributed by atoms with E-state index in [0.717, 1.165) is 61.5 Å². The van der Waals surface area contributed by atoms with E-state index in [1.54, 1.807) is 0 Å². The van der Waals surface area contributed by atoms with E-state index < -0.39 is 0 Å². The average molecular weight is 843 g/mol. The molecule has 2 heterocycles. The van der Waals surface area contributed by atoms with Crippen LogP contribution in [0.25, 0.3) is 109 Å². The zero-order valence-electron chi connectivity index (χ0n) is 33.1. The molecule has 4 heteroatoms. The first-order valence-corrected chi connectivity index (χ1v) is 22.2. The molecule has 11 rings (SSSR count). The average Bonchev–Trinajstić information content (AvgIpc) is 3.73. The number of hydrogen-bond donors (Lipinski definition) is 0. The van der Waals surface area contributed by atoms with Crippen molar-refractivity contribution in [2.24, 2.45) is 0 Å². The van der Waals surface area contributed by atoms with Crippen molar-refractivity contribution >= 4 is 33.8 Å². The molecule has 0 N–H and O–H groups in total. The van der Waals surface area contributed by atoms with Crippen LogP contribution in [0.1, 0.15) is 0 Å². The molecular weight excluding hydrogens is 806 g/mol. The number of hydrogen-bond acceptors (Lipinski definition) is 3. The van der Waals surface area contributed by atoms with Gasteiger partial charge in [0.1, 0.15) is 0 Å². The van der Waals surface area contributed by atoms with Crippen molar-refractivity contribution < 1.29 is 0 Å². The van der Waals surface area contributed by atoms with Crippen LogP contribution < -0.4 is 0 Å². The second kappa shape index (κ2) is 15.9. The molecule has 0 radical (unpaired) electrons. The maximum absolute atomic E-state index is 5.13. The van der Waals surface area contributed by atoms with Gasteiger partial charge in [-0.1, -0.05) is 0 Å². The summed E-state index contributed by atoms with van der Waals surface area (Å²) in [4.78, 5) is 0. The molecule has 0 unspecified atom stereocenters. The van der Waals surface area contributed by atoms with Crippen LogP contribution in [-0.2, 0) is 0 Å². The SMILES string of the molecule is c1ccc(-c2ccccc2-c2cccc(-c3c(-c4ccccc4-c4ccccc4)ccc4[se]c5ccccc5c34)c2-c2nnnc(-c3ccccc3)c2-c2ccccc2)cc1. The summed E-state index contributed by atoms with van der Waals surface area (Å²) in [6.07, 6.45) is 0. The molecule has 0 spiro atoms. The van der Waals surface area contributed by atoms with Gasteiger partial charge in [0.25, 0.3) is 0 Å². The van der Waals surface area contributed by atoms with Gasteiger partial charge in [0.15, 0.2) is 0 Å². The van der Waals surface area contributed by atoms with Crippen LogP contribution in [0.15, 0.2) is 224 Å². The van der Waals surface area contributed by atoms with Crippen molar-refractivity contribution in [1.29, 1.82) is 0 Å². The Labute approximate surface area is 361 Å². The zero-order chi connectivity index (χ0) is 40.5. The summed E-state index contributed by atoms with van der Waals surface area (Å²) in [5.74, 6) is 0. The quantitative estimate of drug-likeness (QED) is 0.143. The second-order valence-electron chi connectivity index (χ2n) is 15.1. The van der Waals surface area contributed by atoms with Gasteiger partial charge in [0.2, 0.25) is 0 Å². The van der Waals surface area contributed by atoms with Crippen LogP contribution in [0.2, 0.25) is 0 Å². The van der Waals surface area contributed by atoms with E-state index in [0.29, 0.717) is 0 Å². The zero-order valence-corrected chi connectivity index (χ0v) is 34.8. The monoisotopic (exact) mass is 843 g/mol. The van der Waals surface area contributed by atoms with E-state index in [9.17, 15) is 0 Å². The minimum absolute atomic E-state index is 0.141. The fraction of sp³-hybridized carbons (Fsp3) is 0. The Morgan fingerprint density at radius 2 is 0.721 bits per heavy atom. The van der Waals surface area contributed by atoms with Gasteiger partial charge in [-0.25, -0.2) is 0 Å². The molecule has 0 fully saturated rings. The Kier molecular flexibility index (Phi) is 9.55. The standard InChI is InChI=1S/C57H37N3Se/c1-5-20-38(21-6-1)42-28-13-15-30-44(42)46-33-19-34-49(54(46)57-52(40-24-9-3-10-25-40)56(58-60-59-57)41-26-11-4-12-27-41)53-47(36-37-51-55(53)48-32-17-18-35-50(48)61-51)45-31-16-14-29-43(45)39-22-7-2-8-23-39/h1-37H. The molecule has 0 amide bonds. The third kappa shape index (κ3) is 6.60. The minimum atomic E-state index is 0.141. The predicted octanol–water partition coefficient (Wildman–Crippen LogP) is 14.6. The number of rotatable bonds is 8. The third-order valence-electron chi connectivity index (χ3n) is 11.6. The van der Waals surface area contributed by atoms with Crippen molar-refractivity contribution in [1.82, 2.24) is 15.4 Å². The normalized spacial score (nSPS) is 11.3. The Bertz CT molecular complexity index is 3340. The van der Waals surface area contributed by atoms with Gasteiger partial charge in [-0.2, -0.15) is 0 Å². The first kappa shape index (κ1) is 36.6. The van der Waals surface area contributed by atoms with Gasteiger partial charge in [-0.05, 0) is 0 Å². The molecule has 61 heavy (non-hydrogen) atoms. The summed E-state index contributed by atoms with van der Waals surface area (Å²) < 4.78 is 2.77. The van der Waals surface area contributed by atoms with Crippen molar-refractivity contribution in [2.45, 2.75) is 0 Å². The molecule has 0 saturated heterocycles. The van der Waals surface area contributed by atoms with E-state index in [1.807, 2.05) is 6.07 Å². The summed E-state index contributed by atoms with van der Waals surface area (Å²) in [6, 6.07) is 80.5. The molecule has 0 saturated carbocycles. The van der Waals surface area contributed by atoms with Crippen LogP contribution in [-0.4, -0.2) is 29.9 Å². The van der Waals surface area contributed by atoms with Crippen molar-refractivity contribution in [3.8, 4) is 89.3 Å². The fourth-order valence-electron chi connectivity index (χ4n) is 8.91. The van der Waals surface area contributed by atoms with Crippen LogP contribution in [0, 0.1) is 0 Å². The van der Waals surface area contributed by atoms with Crippen molar-refractivity contribution in [3.63, 3.8) is 0 Å². The first-order valence-electron chi connectivity index (χ1n) is 20.5. The number of benzene rings is 9. The molecule has 0 aliphatic carbocycles. The van der Waals surface area contributed by atoms with E-state index in [2.05, 4.69) is 224 Å². The molecule has 0 aliphatic heterocycles. The second-order valence-corrected chi connectivity index (χ2v) is 17.4. The summed E-state index contributed by atoms with van der Waals surface area (Å²) >= 11 is 0.141. The maximum atomic E-state index is 5.13.